The van der Waals surface area contributed by atoms with Crippen molar-refractivity contribution >= 4 is 5.97 Å². The van der Waals surface area contributed by atoms with Gasteiger partial charge in [0.15, 0.2) is 0 Å². The molecule has 0 aromatic carbocycles. The SMILES string of the molecule is Cc1c(C(=O)OC(C)(C)C)cc(CN)n1C. The minimum absolute atomic E-state index is 0.291. The van der Waals surface area contributed by atoms with E-state index < -0.39 is 5.60 Å². The summed E-state index contributed by atoms with van der Waals surface area (Å²) in [6.45, 7) is 7.87. The Morgan fingerprint density at radius 3 is 2.44 bits per heavy atom. The zero-order chi connectivity index (χ0) is 12.5. The molecule has 0 saturated carbocycles. The molecule has 0 saturated heterocycles. The first kappa shape index (κ1) is 12.8. The number of carbonyl (C=O) groups is 1. The van der Waals surface area contributed by atoms with Gasteiger partial charge in [0.1, 0.15) is 5.60 Å². The second-order valence-corrected chi connectivity index (χ2v) is 4.90. The van der Waals surface area contributed by atoms with Gasteiger partial charge in [-0.3, -0.25) is 0 Å². The quantitative estimate of drug-likeness (QED) is 0.778. The molecule has 16 heavy (non-hydrogen) atoms. The molecule has 90 valence electrons. The molecule has 0 bridgehead atoms. The third-order valence-electron chi connectivity index (χ3n) is 2.46. The predicted octanol–water partition coefficient (Wildman–Crippen LogP) is 1.75. The average molecular weight is 224 g/mol. The van der Waals surface area contributed by atoms with Crippen LogP contribution in [0.4, 0.5) is 0 Å². The number of carbonyl (C=O) groups excluding carboxylic acids is 1. The topological polar surface area (TPSA) is 57.2 Å². The second-order valence-electron chi connectivity index (χ2n) is 4.90. The van der Waals surface area contributed by atoms with Crippen LogP contribution in [0, 0.1) is 6.92 Å². The first-order valence-corrected chi connectivity index (χ1v) is 5.35. The Balaban J connectivity index is 3.01. The molecule has 1 aromatic rings. The van der Waals surface area contributed by atoms with Crippen LogP contribution in [0.25, 0.3) is 0 Å². The molecule has 0 atom stereocenters. The number of hydrogen-bond acceptors (Lipinski definition) is 3. The van der Waals surface area contributed by atoms with Crippen molar-refractivity contribution in [2.75, 3.05) is 0 Å². The van der Waals surface area contributed by atoms with Gasteiger partial charge in [-0.05, 0) is 33.8 Å². The number of ether oxygens (including phenoxy) is 1. The second kappa shape index (κ2) is 4.29. The van der Waals surface area contributed by atoms with Crippen molar-refractivity contribution in [3.63, 3.8) is 0 Å². The summed E-state index contributed by atoms with van der Waals surface area (Å²) in [7, 11) is 1.89. The van der Waals surface area contributed by atoms with E-state index in [2.05, 4.69) is 0 Å². The van der Waals surface area contributed by atoms with Gasteiger partial charge >= 0.3 is 5.97 Å². The molecule has 2 N–H and O–H groups in total. The largest absolute Gasteiger partial charge is 0.456 e. The van der Waals surface area contributed by atoms with Crippen molar-refractivity contribution in [1.82, 2.24) is 4.57 Å². The molecule has 0 unspecified atom stereocenters. The lowest BCUT2D eigenvalue weighted by atomic mass is 10.2. The summed E-state index contributed by atoms with van der Waals surface area (Å²) in [4.78, 5) is 11.9. The van der Waals surface area contributed by atoms with E-state index in [0.29, 0.717) is 12.1 Å². The highest BCUT2D eigenvalue weighted by molar-refractivity contribution is 5.91. The van der Waals surface area contributed by atoms with Gasteiger partial charge in [-0.1, -0.05) is 0 Å². The molecular weight excluding hydrogens is 204 g/mol. The van der Waals surface area contributed by atoms with Crippen LogP contribution in [0.3, 0.4) is 0 Å². The Kier molecular flexibility index (Phi) is 3.43. The van der Waals surface area contributed by atoms with E-state index in [1.54, 1.807) is 6.07 Å². The highest BCUT2D eigenvalue weighted by atomic mass is 16.6. The highest BCUT2D eigenvalue weighted by Gasteiger charge is 2.21. The number of hydrogen-bond donors (Lipinski definition) is 1. The van der Waals surface area contributed by atoms with E-state index in [4.69, 9.17) is 10.5 Å². The molecule has 0 fully saturated rings. The summed E-state index contributed by atoms with van der Waals surface area (Å²) in [5, 5.41) is 0. The van der Waals surface area contributed by atoms with Crippen LogP contribution < -0.4 is 5.73 Å². The summed E-state index contributed by atoms with van der Waals surface area (Å²) in [5.74, 6) is -0.291. The zero-order valence-electron chi connectivity index (χ0n) is 10.6. The van der Waals surface area contributed by atoms with Gasteiger partial charge in [0.05, 0.1) is 5.56 Å². The third kappa shape index (κ3) is 2.64. The molecule has 0 spiro atoms. The highest BCUT2D eigenvalue weighted by Crippen LogP contribution is 2.18. The van der Waals surface area contributed by atoms with Crippen molar-refractivity contribution < 1.29 is 9.53 Å². The summed E-state index contributed by atoms with van der Waals surface area (Å²) in [6.07, 6.45) is 0. The Labute approximate surface area is 96.4 Å². The zero-order valence-corrected chi connectivity index (χ0v) is 10.6. The van der Waals surface area contributed by atoms with E-state index in [0.717, 1.165) is 11.4 Å². The molecule has 0 radical (unpaired) electrons. The molecule has 0 aliphatic heterocycles. The normalized spacial score (nSPS) is 11.6. The number of rotatable bonds is 2. The minimum Gasteiger partial charge on any atom is -0.456 e. The lowest BCUT2D eigenvalue weighted by molar-refractivity contribution is 0.00687. The van der Waals surface area contributed by atoms with E-state index in [-0.39, 0.29) is 5.97 Å². The van der Waals surface area contributed by atoms with E-state index in [1.807, 2.05) is 39.3 Å². The monoisotopic (exact) mass is 224 g/mol. The van der Waals surface area contributed by atoms with Gasteiger partial charge in [0, 0.05) is 25.0 Å². The molecule has 4 nitrogen and oxygen atoms in total. The van der Waals surface area contributed by atoms with Crippen LogP contribution in [0.1, 0.15) is 42.5 Å². The summed E-state index contributed by atoms with van der Waals surface area (Å²) in [5.41, 5.74) is 7.53. The van der Waals surface area contributed by atoms with Gasteiger partial charge < -0.3 is 15.0 Å². The number of aromatic nitrogens is 1. The molecule has 1 aromatic heterocycles. The lowest BCUT2D eigenvalue weighted by Gasteiger charge is -2.19. The fourth-order valence-corrected chi connectivity index (χ4v) is 1.50. The van der Waals surface area contributed by atoms with E-state index in [1.165, 1.54) is 0 Å². The van der Waals surface area contributed by atoms with Crippen molar-refractivity contribution in [1.29, 1.82) is 0 Å². The van der Waals surface area contributed by atoms with Crippen molar-refractivity contribution in [2.45, 2.75) is 39.8 Å². The number of nitrogens with two attached hydrogens (primary N) is 1. The first-order valence-electron chi connectivity index (χ1n) is 5.35. The maximum Gasteiger partial charge on any atom is 0.340 e. The van der Waals surface area contributed by atoms with Gasteiger partial charge in [-0.2, -0.15) is 0 Å². The van der Waals surface area contributed by atoms with Crippen molar-refractivity contribution in [3.8, 4) is 0 Å². The van der Waals surface area contributed by atoms with Crippen molar-refractivity contribution in [2.24, 2.45) is 12.8 Å². The molecule has 4 heteroatoms. The summed E-state index contributed by atoms with van der Waals surface area (Å²) < 4.78 is 7.24. The van der Waals surface area contributed by atoms with Crippen LogP contribution >= 0.6 is 0 Å². The van der Waals surface area contributed by atoms with Gasteiger partial charge in [0.25, 0.3) is 0 Å². The van der Waals surface area contributed by atoms with Gasteiger partial charge in [-0.15, -0.1) is 0 Å². The molecule has 0 aliphatic rings. The molecule has 0 amide bonds. The Bertz CT molecular complexity index is 400. The lowest BCUT2D eigenvalue weighted by Crippen LogP contribution is -2.24. The summed E-state index contributed by atoms with van der Waals surface area (Å²) in [6, 6.07) is 1.80. The number of nitrogens with zero attached hydrogens (tertiary/aromatic N) is 1. The Morgan fingerprint density at radius 1 is 1.50 bits per heavy atom. The van der Waals surface area contributed by atoms with Crippen LogP contribution in [0.15, 0.2) is 6.07 Å². The average Bonchev–Trinajstić information content (AvgIpc) is 2.41. The fraction of sp³-hybridized carbons (Fsp3) is 0.583. The maximum atomic E-state index is 11.9. The summed E-state index contributed by atoms with van der Waals surface area (Å²) >= 11 is 0. The standard InChI is InChI=1S/C12H20N2O2/c1-8-10(6-9(7-13)14(8)5)11(15)16-12(2,3)4/h6H,7,13H2,1-5H3. The predicted molar refractivity (Wildman–Crippen MR) is 63.2 cm³/mol. The molecular formula is C12H20N2O2. The number of esters is 1. The van der Waals surface area contributed by atoms with Crippen LogP contribution in [0.5, 0.6) is 0 Å². The van der Waals surface area contributed by atoms with Crippen LogP contribution in [-0.4, -0.2) is 16.1 Å². The van der Waals surface area contributed by atoms with E-state index in [9.17, 15) is 4.79 Å². The smallest absolute Gasteiger partial charge is 0.340 e. The molecule has 1 heterocycles. The molecule has 0 aliphatic carbocycles. The van der Waals surface area contributed by atoms with Gasteiger partial charge in [-0.25, -0.2) is 4.79 Å². The Hall–Kier alpha value is -1.29. The maximum absolute atomic E-state index is 11.9. The molecule has 1 rings (SSSR count). The van der Waals surface area contributed by atoms with Crippen molar-refractivity contribution in [3.05, 3.63) is 23.0 Å². The van der Waals surface area contributed by atoms with Gasteiger partial charge in [0.2, 0.25) is 0 Å². The van der Waals surface area contributed by atoms with E-state index >= 15 is 0 Å². The fourth-order valence-electron chi connectivity index (χ4n) is 1.50. The first-order chi connectivity index (χ1) is 7.26. The van der Waals surface area contributed by atoms with Crippen LogP contribution in [0.2, 0.25) is 0 Å². The Morgan fingerprint density at radius 2 is 2.06 bits per heavy atom. The minimum atomic E-state index is -0.470. The third-order valence-corrected chi connectivity index (χ3v) is 2.46. The van der Waals surface area contributed by atoms with Crippen LogP contribution in [-0.2, 0) is 18.3 Å².